The summed E-state index contributed by atoms with van der Waals surface area (Å²) in [5, 5.41) is 21.9. The lowest BCUT2D eigenvalue weighted by Gasteiger charge is -2.35. The summed E-state index contributed by atoms with van der Waals surface area (Å²) in [6.07, 6.45) is 6.33. The third-order valence-electron chi connectivity index (χ3n) is 6.56. The molecule has 172 valence electrons. The van der Waals surface area contributed by atoms with Crippen molar-refractivity contribution in [2.45, 2.75) is 69.3 Å². The molecule has 0 bridgehead atoms. The lowest BCUT2D eigenvalue weighted by molar-refractivity contribution is -0.143. The molecule has 31 heavy (non-hydrogen) atoms. The molecule has 7 nitrogen and oxygen atoms in total. The van der Waals surface area contributed by atoms with Crippen molar-refractivity contribution < 1.29 is 19.6 Å². The monoisotopic (exact) mass is 451 g/mol. The van der Waals surface area contributed by atoms with E-state index < -0.39 is 19.1 Å². The van der Waals surface area contributed by atoms with E-state index in [4.69, 9.17) is 5.73 Å². The van der Waals surface area contributed by atoms with Crippen LogP contribution < -0.4 is 11.1 Å². The fraction of sp³-hybridized carbons (Fsp3) is 0.636. The number of benzene rings is 1. The largest absolute Gasteiger partial charge is 0.475 e. The maximum Gasteiger partial charge on any atom is 0.475 e. The predicted octanol–water partition coefficient (Wildman–Crippen LogP) is 1.61. The molecule has 4 atom stereocenters. The minimum Gasteiger partial charge on any atom is -0.426 e. The third-order valence-corrected chi connectivity index (χ3v) is 6.56. The molecule has 0 radical (unpaired) electrons. The molecule has 0 spiro atoms. The topological polar surface area (TPSA) is 116 Å². The zero-order chi connectivity index (χ0) is 21.5. The second kappa shape index (κ2) is 12.4. The van der Waals surface area contributed by atoms with Gasteiger partial charge in [-0.05, 0) is 56.6 Å². The summed E-state index contributed by atoms with van der Waals surface area (Å²) in [6.45, 7) is 0.986. The molecular weight excluding hydrogens is 417 g/mol. The third kappa shape index (κ3) is 6.45. The van der Waals surface area contributed by atoms with Crippen LogP contribution in [0, 0.1) is 5.92 Å². The molecule has 5 N–H and O–H groups in total. The fourth-order valence-electron chi connectivity index (χ4n) is 4.95. The normalized spacial score (nSPS) is 24.2. The van der Waals surface area contributed by atoms with Crippen LogP contribution in [0.4, 0.5) is 0 Å². The molecule has 2 aliphatic rings. The Bertz CT molecular complexity index is 709. The van der Waals surface area contributed by atoms with E-state index in [1.165, 1.54) is 5.56 Å². The minimum absolute atomic E-state index is 0. The smallest absolute Gasteiger partial charge is 0.426 e. The summed E-state index contributed by atoms with van der Waals surface area (Å²) in [6, 6.07) is 9.65. The van der Waals surface area contributed by atoms with Crippen molar-refractivity contribution in [3.8, 4) is 0 Å². The molecule has 1 aromatic carbocycles. The first-order valence-electron chi connectivity index (χ1n) is 11.2. The molecule has 0 aromatic heterocycles. The van der Waals surface area contributed by atoms with E-state index in [1.54, 1.807) is 4.90 Å². The van der Waals surface area contributed by atoms with Gasteiger partial charge in [-0.15, -0.1) is 12.4 Å². The van der Waals surface area contributed by atoms with E-state index in [0.717, 1.165) is 32.1 Å². The van der Waals surface area contributed by atoms with Gasteiger partial charge in [0.2, 0.25) is 11.8 Å². The highest BCUT2D eigenvalue weighted by Gasteiger charge is 2.41. The average molecular weight is 452 g/mol. The van der Waals surface area contributed by atoms with Gasteiger partial charge in [-0.25, -0.2) is 0 Å². The van der Waals surface area contributed by atoms with Crippen molar-refractivity contribution >= 4 is 31.3 Å². The van der Waals surface area contributed by atoms with Gasteiger partial charge in [0.25, 0.3) is 0 Å². The van der Waals surface area contributed by atoms with Gasteiger partial charge in [-0.2, -0.15) is 0 Å². The number of hydrogen-bond donors (Lipinski definition) is 4. The molecule has 1 aliphatic heterocycles. The number of nitrogens with one attached hydrogen (secondary N) is 1. The van der Waals surface area contributed by atoms with Crippen molar-refractivity contribution in [3.63, 3.8) is 0 Å². The van der Waals surface area contributed by atoms with Crippen molar-refractivity contribution in [2.24, 2.45) is 11.7 Å². The van der Waals surface area contributed by atoms with Crippen LogP contribution in [0.2, 0.25) is 0 Å². The number of hydrogen-bond acceptors (Lipinski definition) is 5. The van der Waals surface area contributed by atoms with Crippen LogP contribution in [0.5, 0.6) is 0 Å². The Labute approximate surface area is 191 Å². The van der Waals surface area contributed by atoms with E-state index in [0.29, 0.717) is 32.4 Å². The lowest BCUT2D eigenvalue weighted by atomic mass is 9.74. The molecule has 1 saturated carbocycles. The highest BCUT2D eigenvalue weighted by atomic mass is 35.5. The van der Waals surface area contributed by atoms with Gasteiger partial charge in [0.15, 0.2) is 0 Å². The summed E-state index contributed by atoms with van der Waals surface area (Å²) >= 11 is 0. The zero-order valence-electron chi connectivity index (χ0n) is 18.0. The Morgan fingerprint density at radius 3 is 2.52 bits per heavy atom. The highest BCUT2D eigenvalue weighted by Crippen LogP contribution is 2.39. The molecule has 1 aromatic rings. The number of nitrogens with two attached hydrogens (primary N) is 1. The van der Waals surface area contributed by atoms with Crippen LogP contribution in [0.15, 0.2) is 30.3 Å². The average Bonchev–Trinajstić information content (AvgIpc) is 3.26. The maximum absolute atomic E-state index is 13.5. The van der Waals surface area contributed by atoms with Crippen LogP contribution in [-0.2, 0) is 9.59 Å². The van der Waals surface area contributed by atoms with Crippen molar-refractivity contribution in [1.82, 2.24) is 10.2 Å². The second-order valence-electron chi connectivity index (χ2n) is 8.56. The molecular formula is C22H35BClN3O4. The maximum atomic E-state index is 13.5. The van der Waals surface area contributed by atoms with Crippen molar-refractivity contribution in [3.05, 3.63) is 35.9 Å². The molecule has 2 amide bonds. The molecule has 2 fully saturated rings. The highest BCUT2D eigenvalue weighted by molar-refractivity contribution is 6.43. The van der Waals surface area contributed by atoms with Crippen LogP contribution >= 0.6 is 12.4 Å². The first kappa shape index (κ1) is 25.7. The van der Waals surface area contributed by atoms with Crippen LogP contribution in [0.25, 0.3) is 0 Å². The molecule has 3 rings (SSSR count). The number of carbonyl (C=O) groups excluding carboxylic acids is 2. The Hall–Kier alpha value is -1.61. The summed E-state index contributed by atoms with van der Waals surface area (Å²) in [7, 11) is -1.65. The van der Waals surface area contributed by atoms with E-state index in [9.17, 15) is 19.6 Å². The van der Waals surface area contributed by atoms with Gasteiger partial charge in [-0.1, -0.05) is 43.2 Å². The summed E-state index contributed by atoms with van der Waals surface area (Å²) in [4.78, 5) is 28.2. The van der Waals surface area contributed by atoms with Gasteiger partial charge in [0, 0.05) is 12.5 Å². The lowest BCUT2D eigenvalue weighted by Crippen LogP contribution is -2.54. The van der Waals surface area contributed by atoms with Crippen molar-refractivity contribution in [1.29, 1.82) is 0 Å². The predicted molar refractivity (Wildman–Crippen MR) is 124 cm³/mol. The summed E-state index contributed by atoms with van der Waals surface area (Å²) in [5.74, 6) is -0.933. The van der Waals surface area contributed by atoms with E-state index in [-0.39, 0.29) is 36.1 Å². The Kier molecular flexibility index (Phi) is 10.3. The Morgan fingerprint density at radius 1 is 1.13 bits per heavy atom. The first-order valence-corrected chi connectivity index (χ1v) is 11.2. The SMILES string of the molecule is Cl.NCCC[C@H](NC(=O)[C@@H]1CCCN1C(=O)[C@@H]1CCCC[C@H]1c1ccccc1)B(O)O. The number of halogens is 1. The van der Waals surface area contributed by atoms with E-state index in [2.05, 4.69) is 17.4 Å². The molecule has 1 saturated heterocycles. The molecule has 1 heterocycles. The van der Waals surface area contributed by atoms with Gasteiger partial charge in [0.1, 0.15) is 6.04 Å². The van der Waals surface area contributed by atoms with E-state index >= 15 is 0 Å². The minimum atomic E-state index is -1.65. The Balaban J connectivity index is 0.00000341. The molecule has 0 unspecified atom stereocenters. The summed E-state index contributed by atoms with van der Waals surface area (Å²) < 4.78 is 0. The van der Waals surface area contributed by atoms with Gasteiger partial charge in [0.05, 0.1) is 5.94 Å². The number of nitrogens with zero attached hydrogens (tertiary/aromatic N) is 1. The second-order valence-corrected chi connectivity index (χ2v) is 8.56. The van der Waals surface area contributed by atoms with Crippen LogP contribution in [0.3, 0.4) is 0 Å². The van der Waals surface area contributed by atoms with Gasteiger partial charge < -0.3 is 26.0 Å². The van der Waals surface area contributed by atoms with Crippen LogP contribution in [0.1, 0.15) is 62.8 Å². The van der Waals surface area contributed by atoms with Gasteiger partial charge in [-0.3, -0.25) is 9.59 Å². The van der Waals surface area contributed by atoms with Crippen LogP contribution in [-0.4, -0.2) is 59.0 Å². The zero-order valence-corrected chi connectivity index (χ0v) is 18.8. The molecule has 9 heteroatoms. The standard InChI is InChI=1S/C22H34BN3O4.ClH/c24-14-6-13-20(23(29)30)25-21(27)19-12-7-15-26(19)22(28)18-11-5-4-10-17(18)16-8-2-1-3-9-16;/h1-3,8-9,17-20,29-30H,4-7,10-15,24H2,(H,25,27);1H/t17-,18+,19-,20-;/m0./s1. The Morgan fingerprint density at radius 2 is 1.84 bits per heavy atom. The van der Waals surface area contributed by atoms with Crippen molar-refractivity contribution in [2.75, 3.05) is 13.1 Å². The first-order chi connectivity index (χ1) is 14.5. The quantitative estimate of drug-likeness (QED) is 0.448. The van der Waals surface area contributed by atoms with Gasteiger partial charge >= 0.3 is 7.12 Å². The number of rotatable bonds is 8. The molecule has 1 aliphatic carbocycles. The van der Waals surface area contributed by atoms with E-state index in [1.807, 2.05) is 18.2 Å². The number of likely N-dealkylation sites (tertiary alicyclic amines) is 1. The number of carbonyl (C=O) groups is 2. The number of amides is 2. The summed E-state index contributed by atoms with van der Waals surface area (Å²) in [5.41, 5.74) is 6.70. The fourth-order valence-corrected chi connectivity index (χ4v) is 4.95.